The Morgan fingerprint density at radius 2 is 1.84 bits per heavy atom. The van der Waals surface area contributed by atoms with Gasteiger partial charge in [0.15, 0.2) is 0 Å². The summed E-state index contributed by atoms with van der Waals surface area (Å²) in [5.41, 5.74) is 2.62. The van der Waals surface area contributed by atoms with Crippen LogP contribution < -0.4 is 14.8 Å². The minimum absolute atomic E-state index is 0.0760. The van der Waals surface area contributed by atoms with E-state index in [0.29, 0.717) is 13.0 Å². The van der Waals surface area contributed by atoms with E-state index in [1.165, 1.54) is 9.91 Å². The molecule has 1 atom stereocenters. The number of hydrogen-bond donors (Lipinski definition) is 1. The van der Waals surface area contributed by atoms with Crippen molar-refractivity contribution in [2.45, 2.75) is 19.4 Å². The van der Waals surface area contributed by atoms with Gasteiger partial charge >= 0.3 is 6.03 Å². The predicted octanol–water partition coefficient (Wildman–Crippen LogP) is 3.04. The van der Waals surface area contributed by atoms with Crippen LogP contribution in [0.3, 0.4) is 0 Å². The molecule has 1 aliphatic rings. The number of methoxy groups -OCH3 is 2. The van der Waals surface area contributed by atoms with E-state index in [4.69, 9.17) is 9.47 Å². The van der Waals surface area contributed by atoms with Crippen LogP contribution in [-0.2, 0) is 4.79 Å². The molecule has 3 rings (SSSR count). The van der Waals surface area contributed by atoms with Crippen LogP contribution in [0.5, 0.6) is 11.5 Å². The van der Waals surface area contributed by atoms with Crippen molar-refractivity contribution in [2.24, 2.45) is 5.10 Å². The van der Waals surface area contributed by atoms with Gasteiger partial charge in [-0.2, -0.15) is 5.10 Å². The maximum atomic E-state index is 13.1. The first-order chi connectivity index (χ1) is 15.0. The number of nitrogens with one attached hydrogen (secondary N) is 1. The van der Waals surface area contributed by atoms with Crippen molar-refractivity contribution in [3.05, 3.63) is 59.7 Å². The quantitative estimate of drug-likeness (QED) is 0.741. The van der Waals surface area contributed by atoms with Crippen molar-refractivity contribution in [2.75, 3.05) is 34.4 Å². The average Bonchev–Trinajstić information content (AvgIpc) is 3.25. The third-order valence-electron chi connectivity index (χ3n) is 5.12. The van der Waals surface area contributed by atoms with Crippen LogP contribution >= 0.6 is 0 Å². The van der Waals surface area contributed by atoms with Crippen molar-refractivity contribution in [3.8, 4) is 11.5 Å². The van der Waals surface area contributed by atoms with Crippen LogP contribution in [0.25, 0.3) is 0 Å². The van der Waals surface area contributed by atoms with Gasteiger partial charge in [0, 0.05) is 25.6 Å². The Bertz CT molecular complexity index is 958. The van der Waals surface area contributed by atoms with Crippen molar-refractivity contribution < 1.29 is 19.1 Å². The molecule has 0 saturated carbocycles. The fraction of sp³-hybridized carbons (Fsp3) is 0.348. The van der Waals surface area contributed by atoms with E-state index in [1.807, 2.05) is 55.5 Å². The molecule has 164 valence electrons. The smallest absolute Gasteiger partial charge is 0.317 e. The summed E-state index contributed by atoms with van der Waals surface area (Å²) in [5.74, 6) is 1.21. The van der Waals surface area contributed by atoms with Crippen molar-refractivity contribution in [3.63, 3.8) is 0 Å². The monoisotopic (exact) mass is 424 g/mol. The van der Waals surface area contributed by atoms with Gasteiger partial charge < -0.3 is 19.7 Å². The molecule has 2 aromatic carbocycles. The molecule has 1 N–H and O–H groups in total. The number of likely N-dealkylation sites (N-methyl/N-ethyl adjacent to an activating group) is 1. The van der Waals surface area contributed by atoms with E-state index < -0.39 is 0 Å². The number of rotatable bonds is 7. The Morgan fingerprint density at radius 3 is 2.48 bits per heavy atom. The van der Waals surface area contributed by atoms with Gasteiger partial charge in [-0.05, 0) is 36.8 Å². The summed E-state index contributed by atoms with van der Waals surface area (Å²) in [7, 11) is 4.82. The number of carbonyl (C=O) groups is 2. The number of carbonyl (C=O) groups excluding carboxylic acids is 2. The maximum absolute atomic E-state index is 13.1. The number of urea groups is 1. The van der Waals surface area contributed by atoms with Gasteiger partial charge in [-0.25, -0.2) is 9.80 Å². The molecule has 1 aliphatic heterocycles. The zero-order valence-electron chi connectivity index (χ0n) is 18.3. The fourth-order valence-electron chi connectivity index (χ4n) is 3.44. The molecule has 0 aromatic heterocycles. The second-order valence-corrected chi connectivity index (χ2v) is 7.20. The summed E-state index contributed by atoms with van der Waals surface area (Å²) < 4.78 is 10.6. The number of ether oxygens (including phenoxy) is 2. The van der Waals surface area contributed by atoms with Crippen LogP contribution in [0.15, 0.2) is 53.6 Å². The number of hydrazone groups is 1. The summed E-state index contributed by atoms with van der Waals surface area (Å²) in [5, 5.41) is 8.82. The second kappa shape index (κ2) is 9.97. The van der Waals surface area contributed by atoms with Gasteiger partial charge in [-0.1, -0.05) is 24.3 Å². The molecular weight excluding hydrogens is 396 g/mol. The number of hydrogen-bond acceptors (Lipinski definition) is 5. The van der Waals surface area contributed by atoms with E-state index >= 15 is 0 Å². The first-order valence-corrected chi connectivity index (χ1v) is 10.1. The summed E-state index contributed by atoms with van der Waals surface area (Å²) >= 11 is 0. The third-order valence-corrected chi connectivity index (χ3v) is 5.12. The number of amides is 3. The van der Waals surface area contributed by atoms with Crippen LogP contribution in [0.1, 0.15) is 30.5 Å². The molecule has 2 aromatic rings. The molecule has 8 nitrogen and oxygen atoms in total. The lowest BCUT2D eigenvalue weighted by Crippen LogP contribution is -2.43. The molecule has 0 saturated heterocycles. The summed E-state index contributed by atoms with van der Waals surface area (Å²) in [6, 6.07) is 14.6. The van der Waals surface area contributed by atoms with Gasteiger partial charge in [-0.3, -0.25) is 4.79 Å². The van der Waals surface area contributed by atoms with Crippen LogP contribution in [0, 0.1) is 0 Å². The fourth-order valence-corrected chi connectivity index (χ4v) is 3.44. The van der Waals surface area contributed by atoms with Crippen molar-refractivity contribution >= 4 is 17.6 Å². The highest BCUT2D eigenvalue weighted by atomic mass is 16.5. The highest BCUT2D eigenvalue weighted by Crippen LogP contribution is 2.34. The lowest BCUT2D eigenvalue weighted by atomic mass is 9.98. The lowest BCUT2D eigenvalue weighted by Gasteiger charge is -2.25. The minimum atomic E-state index is -0.298. The Hall–Kier alpha value is -3.55. The Morgan fingerprint density at radius 1 is 1.13 bits per heavy atom. The Labute approximate surface area is 182 Å². The van der Waals surface area contributed by atoms with Crippen LogP contribution in [0.2, 0.25) is 0 Å². The topological polar surface area (TPSA) is 83.5 Å². The average molecular weight is 425 g/mol. The van der Waals surface area contributed by atoms with Crippen molar-refractivity contribution in [1.29, 1.82) is 0 Å². The normalized spacial score (nSPS) is 15.3. The molecule has 31 heavy (non-hydrogen) atoms. The Kier molecular flexibility index (Phi) is 7.12. The van der Waals surface area contributed by atoms with E-state index in [0.717, 1.165) is 28.3 Å². The maximum Gasteiger partial charge on any atom is 0.317 e. The van der Waals surface area contributed by atoms with E-state index in [2.05, 4.69) is 10.4 Å². The highest BCUT2D eigenvalue weighted by Gasteiger charge is 2.34. The van der Waals surface area contributed by atoms with E-state index in [9.17, 15) is 9.59 Å². The first-order valence-electron chi connectivity index (χ1n) is 10.1. The SMILES string of the molecule is CCNC(=O)N(C)CC(=O)N1N=C(c2cccc(OC)c2)C[C@H]1c1ccc(OC)cc1. The van der Waals surface area contributed by atoms with E-state index in [-0.39, 0.29) is 24.5 Å². The zero-order chi connectivity index (χ0) is 22.4. The molecule has 3 amide bonds. The summed E-state index contributed by atoms with van der Waals surface area (Å²) in [4.78, 5) is 26.5. The Balaban J connectivity index is 1.89. The van der Waals surface area contributed by atoms with Gasteiger partial charge in [0.25, 0.3) is 5.91 Å². The largest absolute Gasteiger partial charge is 0.497 e. The first kappa shape index (κ1) is 22.1. The molecule has 0 spiro atoms. The molecule has 0 aliphatic carbocycles. The van der Waals surface area contributed by atoms with Gasteiger partial charge in [0.2, 0.25) is 0 Å². The van der Waals surface area contributed by atoms with Crippen molar-refractivity contribution in [1.82, 2.24) is 15.2 Å². The van der Waals surface area contributed by atoms with Crippen LogP contribution in [-0.4, -0.2) is 61.9 Å². The van der Waals surface area contributed by atoms with Crippen LogP contribution in [0.4, 0.5) is 4.79 Å². The zero-order valence-corrected chi connectivity index (χ0v) is 18.3. The molecule has 0 radical (unpaired) electrons. The molecule has 0 fully saturated rings. The molecule has 1 heterocycles. The second-order valence-electron chi connectivity index (χ2n) is 7.20. The minimum Gasteiger partial charge on any atom is -0.497 e. The molecule has 8 heteroatoms. The molecular formula is C23H28N4O4. The van der Waals surface area contributed by atoms with Gasteiger partial charge in [-0.15, -0.1) is 0 Å². The summed E-state index contributed by atoms with van der Waals surface area (Å²) in [6.07, 6.45) is 0.552. The third kappa shape index (κ3) is 5.14. The standard InChI is InChI=1S/C23H28N4O4/c1-5-24-23(29)26(2)15-22(28)27-21(16-9-11-18(30-3)12-10-16)14-20(25-27)17-7-6-8-19(13-17)31-4/h6-13,21H,5,14-15H2,1-4H3,(H,24,29)/t21-/m0/s1. The molecule has 0 unspecified atom stereocenters. The van der Waals surface area contributed by atoms with E-state index in [1.54, 1.807) is 21.3 Å². The predicted molar refractivity (Wildman–Crippen MR) is 118 cm³/mol. The summed E-state index contributed by atoms with van der Waals surface area (Å²) in [6.45, 7) is 2.25. The molecule has 0 bridgehead atoms. The lowest BCUT2D eigenvalue weighted by molar-refractivity contribution is -0.133. The highest BCUT2D eigenvalue weighted by molar-refractivity contribution is 6.03. The number of nitrogens with zero attached hydrogens (tertiary/aromatic N) is 3. The van der Waals surface area contributed by atoms with Gasteiger partial charge in [0.05, 0.1) is 26.0 Å². The number of benzene rings is 2. The van der Waals surface area contributed by atoms with Gasteiger partial charge in [0.1, 0.15) is 18.0 Å².